The van der Waals surface area contributed by atoms with Gasteiger partial charge < -0.3 is 15.5 Å². The zero-order valence-corrected chi connectivity index (χ0v) is 7.82. The molecular formula is C8H13NO5. The average molecular weight is 203 g/mol. The Morgan fingerprint density at radius 1 is 1.14 bits per heavy atom. The number of carboxylic acid groups (broad SMARTS) is 2. The Hall–Kier alpha value is -1.59. The van der Waals surface area contributed by atoms with Crippen LogP contribution in [0, 0.1) is 5.92 Å². The van der Waals surface area contributed by atoms with Crippen LogP contribution < -0.4 is 5.32 Å². The van der Waals surface area contributed by atoms with Gasteiger partial charge in [-0.1, -0.05) is 6.92 Å². The second-order valence-electron chi connectivity index (χ2n) is 3.08. The molecule has 0 heterocycles. The van der Waals surface area contributed by atoms with E-state index in [1.807, 2.05) is 0 Å². The first-order valence-electron chi connectivity index (χ1n) is 4.12. The summed E-state index contributed by atoms with van der Waals surface area (Å²) in [7, 11) is 0. The fourth-order valence-electron chi connectivity index (χ4n) is 0.933. The maximum absolute atomic E-state index is 11.0. The molecule has 0 aromatic heterocycles. The van der Waals surface area contributed by atoms with Crippen molar-refractivity contribution >= 4 is 17.8 Å². The van der Waals surface area contributed by atoms with Gasteiger partial charge in [-0.25, -0.2) is 0 Å². The van der Waals surface area contributed by atoms with Crippen LogP contribution >= 0.6 is 0 Å². The second-order valence-corrected chi connectivity index (χ2v) is 3.08. The maximum atomic E-state index is 11.0. The molecule has 6 heteroatoms. The minimum atomic E-state index is -1.12. The molecule has 0 spiro atoms. The number of hydrogen-bond donors (Lipinski definition) is 3. The fourth-order valence-corrected chi connectivity index (χ4v) is 0.933. The molecule has 0 aliphatic heterocycles. The first kappa shape index (κ1) is 12.4. The topological polar surface area (TPSA) is 104 Å². The van der Waals surface area contributed by atoms with E-state index < -0.39 is 24.4 Å². The zero-order valence-electron chi connectivity index (χ0n) is 7.82. The lowest BCUT2D eigenvalue weighted by Gasteiger charge is -2.07. The zero-order chi connectivity index (χ0) is 11.1. The number of amides is 1. The predicted octanol–water partition coefficient (Wildman–Crippen LogP) is -0.312. The van der Waals surface area contributed by atoms with Crippen LogP contribution in [-0.4, -0.2) is 34.6 Å². The summed E-state index contributed by atoms with van der Waals surface area (Å²) in [6.07, 6.45) is -0.0694. The van der Waals surface area contributed by atoms with Gasteiger partial charge in [-0.15, -0.1) is 0 Å². The molecule has 0 bridgehead atoms. The highest BCUT2D eigenvalue weighted by Crippen LogP contribution is 2.06. The third kappa shape index (κ3) is 7.08. The maximum Gasteiger partial charge on any atom is 0.322 e. The van der Waals surface area contributed by atoms with Crippen molar-refractivity contribution in [1.29, 1.82) is 0 Å². The number of nitrogens with one attached hydrogen (secondary N) is 1. The van der Waals surface area contributed by atoms with Crippen LogP contribution in [0.5, 0.6) is 0 Å². The number of aliphatic carboxylic acids is 2. The Balaban J connectivity index is 3.71. The smallest absolute Gasteiger partial charge is 0.322 e. The molecule has 0 aromatic rings. The van der Waals surface area contributed by atoms with E-state index in [2.05, 4.69) is 5.32 Å². The minimum Gasteiger partial charge on any atom is -0.481 e. The summed E-state index contributed by atoms with van der Waals surface area (Å²) >= 11 is 0. The predicted molar refractivity (Wildman–Crippen MR) is 46.7 cm³/mol. The van der Waals surface area contributed by atoms with Crippen LogP contribution in [-0.2, 0) is 14.4 Å². The molecule has 1 amide bonds. The lowest BCUT2D eigenvalue weighted by molar-refractivity contribution is -0.139. The lowest BCUT2D eigenvalue weighted by Crippen LogP contribution is -2.30. The largest absolute Gasteiger partial charge is 0.481 e. The Kier molecular flexibility index (Phi) is 5.28. The average Bonchev–Trinajstić information content (AvgIpc) is 1.98. The monoisotopic (exact) mass is 203 g/mol. The van der Waals surface area contributed by atoms with Gasteiger partial charge in [0, 0.05) is 12.8 Å². The number of carbonyl (C=O) groups excluding carboxylic acids is 1. The number of hydrogen-bond acceptors (Lipinski definition) is 3. The molecule has 0 aliphatic carbocycles. The fraction of sp³-hybridized carbons (Fsp3) is 0.625. The van der Waals surface area contributed by atoms with Gasteiger partial charge in [0.05, 0.1) is 0 Å². The Labute approximate surface area is 80.9 Å². The van der Waals surface area contributed by atoms with Gasteiger partial charge in [0.2, 0.25) is 5.91 Å². The second kappa shape index (κ2) is 5.95. The van der Waals surface area contributed by atoms with E-state index in [-0.39, 0.29) is 18.8 Å². The van der Waals surface area contributed by atoms with Gasteiger partial charge in [0.1, 0.15) is 6.54 Å². The molecule has 1 atom stereocenters. The highest BCUT2D eigenvalue weighted by Gasteiger charge is 2.12. The van der Waals surface area contributed by atoms with Crippen molar-refractivity contribution in [3.05, 3.63) is 0 Å². The highest BCUT2D eigenvalue weighted by molar-refractivity contribution is 5.81. The summed E-state index contributed by atoms with van der Waals surface area (Å²) < 4.78 is 0. The molecule has 0 saturated heterocycles. The molecular weight excluding hydrogens is 190 g/mol. The Bertz CT molecular complexity index is 238. The number of carboxylic acids is 2. The lowest BCUT2D eigenvalue weighted by atomic mass is 10.0. The summed E-state index contributed by atoms with van der Waals surface area (Å²) in [6.45, 7) is 1.19. The summed E-state index contributed by atoms with van der Waals surface area (Å²) in [5, 5.41) is 18.8. The molecule has 0 rings (SSSR count). The van der Waals surface area contributed by atoms with E-state index in [4.69, 9.17) is 10.2 Å². The van der Waals surface area contributed by atoms with E-state index >= 15 is 0 Å². The third-order valence-corrected chi connectivity index (χ3v) is 1.49. The van der Waals surface area contributed by atoms with Crippen LogP contribution in [0.15, 0.2) is 0 Å². The van der Waals surface area contributed by atoms with E-state index in [9.17, 15) is 14.4 Å². The summed E-state index contributed by atoms with van der Waals surface area (Å²) in [5.41, 5.74) is 0. The molecule has 6 nitrogen and oxygen atoms in total. The number of carbonyl (C=O) groups is 3. The first-order chi connectivity index (χ1) is 6.41. The van der Waals surface area contributed by atoms with Crippen LogP contribution in [0.1, 0.15) is 19.8 Å². The highest BCUT2D eigenvalue weighted by atomic mass is 16.4. The molecule has 0 saturated carbocycles. The SMILES string of the molecule is CC(CC(=O)O)CC(=O)NCC(=O)O. The standard InChI is InChI=1S/C8H13NO5/c1-5(3-7(11)12)2-6(10)9-4-8(13)14/h5H,2-4H2,1H3,(H,9,10)(H,11,12)(H,13,14). The summed E-state index contributed by atoms with van der Waals surface area (Å²) in [6, 6.07) is 0. The summed E-state index contributed by atoms with van der Waals surface area (Å²) in [5.74, 6) is -2.82. The molecule has 1 unspecified atom stereocenters. The Morgan fingerprint density at radius 3 is 2.14 bits per heavy atom. The van der Waals surface area contributed by atoms with Gasteiger partial charge in [-0.3, -0.25) is 14.4 Å². The third-order valence-electron chi connectivity index (χ3n) is 1.49. The van der Waals surface area contributed by atoms with Crippen molar-refractivity contribution in [2.24, 2.45) is 5.92 Å². The van der Waals surface area contributed by atoms with Gasteiger partial charge in [-0.05, 0) is 5.92 Å². The van der Waals surface area contributed by atoms with Gasteiger partial charge in [-0.2, -0.15) is 0 Å². The minimum absolute atomic E-state index is 0.0274. The van der Waals surface area contributed by atoms with Crippen molar-refractivity contribution in [1.82, 2.24) is 5.32 Å². The van der Waals surface area contributed by atoms with E-state index in [1.165, 1.54) is 0 Å². The quantitative estimate of drug-likeness (QED) is 0.549. The number of rotatable bonds is 6. The van der Waals surface area contributed by atoms with Crippen LogP contribution in [0.4, 0.5) is 0 Å². The normalized spacial score (nSPS) is 11.8. The molecule has 0 aromatic carbocycles. The van der Waals surface area contributed by atoms with Crippen LogP contribution in [0.25, 0.3) is 0 Å². The van der Waals surface area contributed by atoms with Crippen molar-refractivity contribution in [3.63, 3.8) is 0 Å². The first-order valence-corrected chi connectivity index (χ1v) is 4.12. The molecule has 80 valence electrons. The van der Waals surface area contributed by atoms with Crippen molar-refractivity contribution in [2.45, 2.75) is 19.8 Å². The van der Waals surface area contributed by atoms with Crippen molar-refractivity contribution in [2.75, 3.05) is 6.54 Å². The molecule has 14 heavy (non-hydrogen) atoms. The molecule has 0 radical (unpaired) electrons. The van der Waals surface area contributed by atoms with Crippen LogP contribution in [0.3, 0.4) is 0 Å². The Morgan fingerprint density at radius 2 is 1.71 bits per heavy atom. The van der Waals surface area contributed by atoms with E-state index in [0.717, 1.165) is 0 Å². The van der Waals surface area contributed by atoms with Gasteiger partial charge in [0.15, 0.2) is 0 Å². The van der Waals surface area contributed by atoms with Crippen LogP contribution in [0.2, 0.25) is 0 Å². The summed E-state index contributed by atoms with van der Waals surface area (Å²) in [4.78, 5) is 31.3. The van der Waals surface area contributed by atoms with Crippen molar-refractivity contribution < 1.29 is 24.6 Å². The van der Waals surface area contributed by atoms with Gasteiger partial charge in [0.25, 0.3) is 0 Å². The molecule has 0 fully saturated rings. The van der Waals surface area contributed by atoms with E-state index in [0.29, 0.717) is 0 Å². The van der Waals surface area contributed by atoms with E-state index in [1.54, 1.807) is 6.92 Å². The van der Waals surface area contributed by atoms with Crippen molar-refractivity contribution in [3.8, 4) is 0 Å². The van der Waals surface area contributed by atoms with Gasteiger partial charge >= 0.3 is 11.9 Å². The molecule has 0 aliphatic rings. The molecule has 3 N–H and O–H groups in total.